The zero-order valence-electron chi connectivity index (χ0n) is 16.2. The fourth-order valence-electron chi connectivity index (χ4n) is 2.77. The number of amidine groups is 1. The van der Waals surface area contributed by atoms with E-state index in [1.807, 2.05) is 19.1 Å². The molecule has 0 aliphatic heterocycles. The SMILES string of the molecule is CCOC(=O)C(Nc1ccc(C(=N)N)cc1)c1ccc(OCCO)c(CC)c1. The number of ether oxygens (including phenoxy) is 2. The van der Waals surface area contributed by atoms with Gasteiger partial charge in [-0.3, -0.25) is 5.41 Å². The standard InChI is InChI=1S/C21H27N3O4/c1-3-14-13-16(7-10-18(14)28-12-11-25)19(21(26)27-4-2)24-17-8-5-15(6-9-17)20(22)23/h5-10,13,19,24-25H,3-4,11-12H2,1-2H3,(H3,22,23). The number of aryl methyl sites for hydroxylation is 1. The van der Waals surface area contributed by atoms with E-state index >= 15 is 0 Å². The molecule has 7 heteroatoms. The molecule has 0 aromatic heterocycles. The van der Waals surface area contributed by atoms with Crippen LogP contribution < -0.4 is 15.8 Å². The van der Waals surface area contributed by atoms with Crippen LogP contribution in [-0.4, -0.2) is 36.7 Å². The molecular weight excluding hydrogens is 358 g/mol. The summed E-state index contributed by atoms with van der Waals surface area (Å²) in [7, 11) is 0. The lowest BCUT2D eigenvalue weighted by Crippen LogP contribution is -2.23. The number of nitrogen functional groups attached to an aromatic ring is 1. The normalized spacial score (nSPS) is 11.5. The van der Waals surface area contributed by atoms with Crippen LogP contribution in [0.4, 0.5) is 5.69 Å². The number of carbonyl (C=O) groups excluding carboxylic acids is 1. The number of esters is 1. The van der Waals surface area contributed by atoms with Crippen LogP contribution in [0, 0.1) is 5.41 Å². The molecular formula is C21H27N3O4. The predicted molar refractivity (Wildman–Crippen MR) is 109 cm³/mol. The first-order valence-corrected chi connectivity index (χ1v) is 9.24. The number of nitrogens with two attached hydrogens (primary N) is 1. The minimum absolute atomic E-state index is 0.0143. The molecule has 0 radical (unpaired) electrons. The number of hydrogen-bond acceptors (Lipinski definition) is 6. The van der Waals surface area contributed by atoms with Gasteiger partial charge in [0.2, 0.25) is 0 Å². The summed E-state index contributed by atoms with van der Waals surface area (Å²) in [5, 5.41) is 19.6. The molecule has 0 fully saturated rings. The van der Waals surface area contributed by atoms with Crippen molar-refractivity contribution >= 4 is 17.5 Å². The fourth-order valence-corrected chi connectivity index (χ4v) is 2.77. The van der Waals surface area contributed by atoms with Gasteiger partial charge in [-0.1, -0.05) is 13.0 Å². The lowest BCUT2D eigenvalue weighted by molar-refractivity contribution is -0.144. The van der Waals surface area contributed by atoms with E-state index in [9.17, 15) is 4.79 Å². The summed E-state index contributed by atoms with van der Waals surface area (Å²) in [6.07, 6.45) is 0.720. The maximum atomic E-state index is 12.6. The number of benzene rings is 2. The maximum Gasteiger partial charge on any atom is 0.333 e. The van der Waals surface area contributed by atoms with Crippen LogP contribution in [0.1, 0.15) is 36.6 Å². The lowest BCUT2D eigenvalue weighted by atomic mass is 10.0. The average molecular weight is 385 g/mol. The van der Waals surface area contributed by atoms with Crippen molar-refractivity contribution in [2.45, 2.75) is 26.3 Å². The molecule has 0 saturated carbocycles. The molecule has 0 aliphatic rings. The van der Waals surface area contributed by atoms with Gasteiger partial charge in [0.1, 0.15) is 18.2 Å². The third-order valence-electron chi connectivity index (χ3n) is 4.18. The molecule has 0 spiro atoms. The Bertz CT molecular complexity index is 806. The molecule has 150 valence electrons. The number of aliphatic hydroxyl groups is 1. The molecule has 0 heterocycles. The first-order chi connectivity index (χ1) is 13.5. The van der Waals surface area contributed by atoms with E-state index < -0.39 is 6.04 Å². The van der Waals surface area contributed by atoms with Gasteiger partial charge in [-0.2, -0.15) is 0 Å². The Labute approximate surface area is 165 Å². The topological polar surface area (TPSA) is 118 Å². The van der Waals surface area contributed by atoms with Crippen LogP contribution in [0.15, 0.2) is 42.5 Å². The molecule has 2 aromatic carbocycles. The molecule has 7 nitrogen and oxygen atoms in total. The van der Waals surface area contributed by atoms with Gasteiger partial charge in [-0.15, -0.1) is 0 Å². The monoisotopic (exact) mass is 385 g/mol. The van der Waals surface area contributed by atoms with Gasteiger partial charge >= 0.3 is 5.97 Å². The maximum absolute atomic E-state index is 12.6. The van der Waals surface area contributed by atoms with Crippen molar-refractivity contribution in [1.82, 2.24) is 0 Å². The first kappa shape index (κ1) is 21.2. The number of anilines is 1. The van der Waals surface area contributed by atoms with Crippen molar-refractivity contribution in [1.29, 1.82) is 5.41 Å². The van der Waals surface area contributed by atoms with Crippen molar-refractivity contribution in [3.8, 4) is 5.75 Å². The summed E-state index contributed by atoms with van der Waals surface area (Å²) in [6, 6.07) is 11.8. The first-order valence-electron chi connectivity index (χ1n) is 9.24. The summed E-state index contributed by atoms with van der Waals surface area (Å²) >= 11 is 0. The van der Waals surface area contributed by atoms with Gasteiger partial charge in [0.25, 0.3) is 0 Å². The molecule has 2 rings (SSSR count). The summed E-state index contributed by atoms with van der Waals surface area (Å²) in [4.78, 5) is 12.6. The summed E-state index contributed by atoms with van der Waals surface area (Å²) in [5.41, 5.74) is 8.50. The van der Waals surface area contributed by atoms with Gasteiger partial charge in [-0.05, 0) is 60.9 Å². The van der Waals surface area contributed by atoms with Crippen LogP contribution in [0.2, 0.25) is 0 Å². The highest BCUT2D eigenvalue weighted by Crippen LogP contribution is 2.27. The largest absolute Gasteiger partial charge is 0.491 e. The third-order valence-corrected chi connectivity index (χ3v) is 4.18. The number of carbonyl (C=O) groups is 1. The predicted octanol–water partition coefficient (Wildman–Crippen LogP) is 2.62. The van der Waals surface area contributed by atoms with Crippen LogP contribution >= 0.6 is 0 Å². The zero-order chi connectivity index (χ0) is 20.5. The van der Waals surface area contributed by atoms with Crippen LogP contribution in [0.25, 0.3) is 0 Å². The van der Waals surface area contributed by atoms with E-state index in [1.54, 1.807) is 37.3 Å². The molecule has 0 amide bonds. The fraction of sp³-hybridized carbons (Fsp3) is 0.333. The molecule has 0 aliphatic carbocycles. The highest BCUT2D eigenvalue weighted by atomic mass is 16.5. The van der Waals surface area contributed by atoms with Crippen molar-refractivity contribution in [2.24, 2.45) is 5.73 Å². The third kappa shape index (κ3) is 5.47. The number of aliphatic hydroxyl groups excluding tert-OH is 1. The zero-order valence-corrected chi connectivity index (χ0v) is 16.2. The Kier molecular flexibility index (Phi) is 7.83. The van der Waals surface area contributed by atoms with E-state index in [-0.39, 0.29) is 31.6 Å². The highest BCUT2D eigenvalue weighted by Gasteiger charge is 2.23. The Balaban J connectivity index is 2.32. The van der Waals surface area contributed by atoms with Crippen LogP contribution in [0.3, 0.4) is 0 Å². The van der Waals surface area contributed by atoms with Crippen molar-refractivity contribution in [3.63, 3.8) is 0 Å². The van der Waals surface area contributed by atoms with Crippen molar-refractivity contribution in [2.75, 3.05) is 25.1 Å². The van der Waals surface area contributed by atoms with E-state index in [2.05, 4.69) is 5.32 Å². The summed E-state index contributed by atoms with van der Waals surface area (Å²) in [6.45, 7) is 4.19. The minimum Gasteiger partial charge on any atom is -0.491 e. The molecule has 0 bridgehead atoms. The Morgan fingerprint density at radius 3 is 2.50 bits per heavy atom. The second-order valence-corrected chi connectivity index (χ2v) is 6.11. The molecule has 5 N–H and O–H groups in total. The van der Waals surface area contributed by atoms with Crippen molar-refractivity contribution in [3.05, 3.63) is 59.2 Å². The van der Waals surface area contributed by atoms with Gasteiger partial charge in [0, 0.05) is 11.3 Å². The molecule has 1 atom stereocenters. The summed E-state index contributed by atoms with van der Waals surface area (Å²) in [5.74, 6) is 0.289. The van der Waals surface area contributed by atoms with E-state index in [0.717, 1.165) is 17.5 Å². The quantitative estimate of drug-likeness (QED) is 0.284. The number of hydrogen-bond donors (Lipinski definition) is 4. The second kappa shape index (κ2) is 10.3. The minimum atomic E-state index is -0.694. The Morgan fingerprint density at radius 2 is 1.93 bits per heavy atom. The molecule has 28 heavy (non-hydrogen) atoms. The van der Waals surface area contributed by atoms with E-state index in [4.69, 9.17) is 25.7 Å². The van der Waals surface area contributed by atoms with Gasteiger partial charge in [0.15, 0.2) is 6.04 Å². The van der Waals surface area contributed by atoms with E-state index in [0.29, 0.717) is 17.0 Å². The lowest BCUT2D eigenvalue weighted by Gasteiger charge is -2.20. The van der Waals surface area contributed by atoms with Gasteiger partial charge in [-0.25, -0.2) is 4.79 Å². The Morgan fingerprint density at radius 1 is 1.21 bits per heavy atom. The average Bonchev–Trinajstić information content (AvgIpc) is 2.70. The molecule has 1 unspecified atom stereocenters. The number of rotatable bonds is 10. The van der Waals surface area contributed by atoms with Crippen LogP contribution in [-0.2, 0) is 16.0 Å². The summed E-state index contributed by atoms with van der Waals surface area (Å²) < 4.78 is 10.8. The van der Waals surface area contributed by atoms with Gasteiger partial charge < -0.3 is 25.6 Å². The molecule has 0 saturated heterocycles. The van der Waals surface area contributed by atoms with Crippen LogP contribution in [0.5, 0.6) is 5.75 Å². The van der Waals surface area contributed by atoms with Crippen molar-refractivity contribution < 1.29 is 19.4 Å². The number of nitrogens with one attached hydrogen (secondary N) is 2. The second-order valence-electron chi connectivity index (χ2n) is 6.11. The van der Waals surface area contributed by atoms with E-state index in [1.165, 1.54) is 0 Å². The molecule has 2 aromatic rings. The highest BCUT2D eigenvalue weighted by molar-refractivity contribution is 5.95. The van der Waals surface area contributed by atoms with Gasteiger partial charge in [0.05, 0.1) is 13.2 Å². The Hall–Kier alpha value is -3.06. The smallest absolute Gasteiger partial charge is 0.333 e.